The number of rotatable bonds is 10. The highest BCUT2D eigenvalue weighted by atomic mass is 32.1. The number of thiophene rings is 1. The lowest BCUT2D eigenvalue weighted by atomic mass is 9.94. The van der Waals surface area contributed by atoms with Crippen LogP contribution in [-0.2, 0) is 21.6 Å². The van der Waals surface area contributed by atoms with E-state index in [1.807, 2.05) is 0 Å². The minimum Gasteiger partial charge on any atom is -0.496 e. The quantitative estimate of drug-likeness (QED) is 0.267. The Hall–Kier alpha value is -3.88. The van der Waals surface area contributed by atoms with Crippen LogP contribution in [0.25, 0.3) is 15.2 Å². The van der Waals surface area contributed by atoms with Gasteiger partial charge >= 0.3 is 5.69 Å². The van der Waals surface area contributed by atoms with Gasteiger partial charge in [0, 0.05) is 17.2 Å². The van der Waals surface area contributed by atoms with Crippen molar-refractivity contribution in [3.63, 3.8) is 0 Å². The number of methoxy groups -OCH3 is 1. The summed E-state index contributed by atoms with van der Waals surface area (Å²) in [6.07, 6.45) is 3.71. The Kier molecular flexibility index (Phi) is 9.28. The first-order valence-electron chi connectivity index (χ1n) is 15.0. The largest absolute Gasteiger partial charge is 0.496 e. The maximum absolute atomic E-state index is 14.7. The van der Waals surface area contributed by atoms with Crippen molar-refractivity contribution < 1.29 is 23.8 Å². The molecule has 3 heterocycles. The van der Waals surface area contributed by atoms with Gasteiger partial charge in [-0.15, -0.1) is 4.80 Å². The van der Waals surface area contributed by atoms with Gasteiger partial charge < -0.3 is 19.9 Å². The number of hydrogen-bond donors (Lipinski definition) is 2. The first-order chi connectivity index (χ1) is 21.3. The number of carbonyl (C=O) groups excluding carboxylic acids is 1. The fraction of sp³-hybridized carbons (Fsp3) is 0.516. The lowest BCUT2D eigenvalue weighted by molar-refractivity contribution is -0.129. The Morgan fingerprint density at radius 1 is 1.18 bits per heavy atom. The highest BCUT2D eigenvalue weighted by Gasteiger charge is 2.37. The van der Waals surface area contributed by atoms with E-state index in [2.05, 4.69) is 15.5 Å². The summed E-state index contributed by atoms with van der Waals surface area (Å²) in [4.78, 5) is 43.8. The van der Waals surface area contributed by atoms with Crippen LogP contribution in [0, 0.1) is 12.7 Å². The van der Waals surface area contributed by atoms with E-state index in [0.29, 0.717) is 52.4 Å². The summed E-state index contributed by atoms with van der Waals surface area (Å²) in [7, 11) is 1.47. The number of nitrogens with zero attached hydrogens (tertiary/aromatic N) is 5. The van der Waals surface area contributed by atoms with Gasteiger partial charge in [-0.1, -0.05) is 11.3 Å². The van der Waals surface area contributed by atoms with Crippen LogP contribution in [0.4, 0.5) is 4.39 Å². The summed E-state index contributed by atoms with van der Waals surface area (Å²) in [5, 5.41) is 22.1. The van der Waals surface area contributed by atoms with E-state index in [0.717, 1.165) is 15.9 Å². The normalized spacial score (nSPS) is 18.0. The molecule has 0 spiro atoms. The van der Waals surface area contributed by atoms with E-state index >= 15 is 0 Å². The van der Waals surface area contributed by atoms with Crippen molar-refractivity contribution in [3.05, 3.63) is 68.4 Å². The lowest BCUT2D eigenvalue weighted by Gasteiger charge is -2.31. The van der Waals surface area contributed by atoms with Crippen LogP contribution in [0.2, 0.25) is 0 Å². The monoisotopic (exact) mass is 642 g/mol. The van der Waals surface area contributed by atoms with Crippen LogP contribution < -0.4 is 21.3 Å². The van der Waals surface area contributed by atoms with E-state index in [9.17, 15) is 23.9 Å². The standard InChI is InChI=1S/C31H39FN6O6S/c1-17(2)35-29(41)31(4,5)37-26(40)25-18(3)27(38-33-13-14-34-38)45-28(25)36(30(37)42)16-24(44-21-10-8-20(39)9-11-21)22-15-19(32)7-12-23(22)43-6/h7,12-15,17,20-21,24,39H,8-11,16H2,1-6H3,(H,35,41)/t20?,21?,24-/m0/s1. The lowest BCUT2D eigenvalue weighted by Crippen LogP contribution is -2.56. The molecule has 12 nitrogen and oxygen atoms in total. The molecule has 1 aliphatic rings. The van der Waals surface area contributed by atoms with Crippen molar-refractivity contribution in [2.24, 2.45) is 0 Å². The van der Waals surface area contributed by atoms with Gasteiger partial charge in [0.25, 0.3) is 5.56 Å². The molecule has 3 aromatic heterocycles. The topological polar surface area (TPSA) is 142 Å². The zero-order valence-corrected chi connectivity index (χ0v) is 27.1. The van der Waals surface area contributed by atoms with Gasteiger partial charge in [-0.05, 0) is 78.5 Å². The summed E-state index contributed by atoms with van der Waals surface area (Å²) in [6, 6.07) is 3.87. The van der Waals surface area contributed by atoms with E-state index < -0.39 is 40.7 Å². The van der Waals surface area contributed by atoms with Crippen LogP contribution in [0.15, 0.2) is 40.2 Å². The zero-order chi connectivity index (χ0) is 32.6. The molecular weight excluding hydrogens is 603 g/mol. The van der Waals surface area contributed by atoms with Crippen LogP contribution >= 0.6 is 11.3 Å². The first kappa shape index (κ1) is 32.5. The van der Waals surface area contributed by atoms with E-state index in [1.54, 1.807) is 20.8 Å². The third kappa shape index (κ3) is 6.31. The molecule has 45 heavy (non-hydrogen) atoms. The predicted octanol–water partition coefficient (Wildman–Crippen LogP) is 3.58. The summed E-state index contributed by atoms with van der Waals surface area (Å²) in [6.45, 7) is 8.27. The summed E-state index contributed by atoms with van der Waals surface area (Å²) < 4.78 is 29.3. The van der Waals surface area contributed by atoms with Crippen LogP contribution in [0.1, 0.15) is 70.6 Å². The number of benzene rings is 1. The molecule has 1 fully saturated rings. The molecule has 0 unspecified atom stereocenters. The number of halogens is 1. The number of aryl methyl sites for hydroxylation is 1. The van der Waals surface area contributed by atoms with Gasteiger partial charge in [0.15, 0.2) is 0 Å². The number of amides is 1. The van der Waals surface area contributed by atoms with Gasteiger partial charge in [0.2, 0.25) is 5.91 Å². The molecule has 0 bridgehead atoms. The first-order valence-corrected chi connectivity index (χ1v) is 15.8. The molecule has 2 N–H and O–H groups in total. The number of nitrogens with one attached hydrogen (secondary N) is 1. The molecule has 5 rings (SSSR count). The second-order valence-corrected chi connectivity index (χ2v) is 13.2. The maximum atomic E-state index is 14.7. The highest BCUT2D eigenvalue weighted by Crippen LogP contribution is 2.36. The average molecular weight is 643 g/mol. The maximum Gasteiger partial charge on any atom is 0.333 e. The third-order valence-electron chi connectivity index (χ3n) is 8.21. The fourth-order valence-corrected chi connectivity index (χ4v) is 7.01. The van der Waals surface area contributed by atoms with Gasteiger partial charge in [0.1, 0.15) is 33.0 Å². The van der Waals surface area contributed by atoms with Crippen LogP contribution in [0.3, 0.4) is 0 Å². The Labute approximate surface area is 263 Å². The Bertz CT molecular complexity index is 1800. The molecule has 1 atom stereocenters. The molecule has 0 radical (unpaired) electrons. The van der Waals surface area contributed by atoms with Gasteiger partial charge in [-0.3, -0.25) is 14.2 Å². The second-order valence-electron chi connectivity index (χ2n) is 12.2. The number of hydrogen-bond acceptors (Lipinski definition) is 9. The molecule has 4 aromatic rings. The molecule has 1 aromatic carbocycles. The summed E-state index contributed by atoms with van der Waals surface area (Å²) in [5.41, 5.74) is -1.98. The van der Waals surface area contributed by atoms with E-state index in [1.165, 1.54) is 60.9 Å². The third-order valence-corrected chi connectivity index (χ3v) is 9.49. The van der Waals surface area contributed by atoms with E-state index in [-0.39, 0.29) is 24.1 Å². The van der Waals surface area contributed by atoms with Crippen molar-refractivity contribution >= 4 is 27.5 Å². The SMILES string of the molecule is COc1ccc(F)cc1[C@H](Cn1c(=O)n(C(C)(C)C(=O)NC(C)C)c(=O)c2c(C)c(-n3nccn3)sc21)OC1CCC(O)CC1. The molecule has 14 heteroatoms. The van der Waals surface area contributed by atoms with Crippen molar-refractivity contribution in [1.29, 1.82) is 0 Å². The minimum atomic E-state index is -1.57. The molecular formula is C31H39FN6O6S. The molecule has 0 saturated heterocycles. The van der Waals surface area contributed by atoms with Gasteiger partial charge in [-0.25, -0.2) is 13.8 Å². The van der Waals surface area contributed by atoms with Gasteiger partial charge in [0.05, 0.1) is 43.6 Å². The average Bonchev–Trinajstić information content (AvgIpc) is 3.63. The van der Waals surface area contributed by atoms with Crippen LogP contribution in [0.5, 0.6) is 5.75 Å². The molecule has 1 aliphatic carbocycles. The molecule has 242 valence electrons. The van der Waals surface area contributed by atoms with E-state index in [4.69, 9.17) is 9.47 Å². The Balaban J connectivity index is 1.75. The predicted molar refractivity (Wildman–Crippen MR) is 168 cm³/mol. The van der Waals surface area contributed by atoms with Crippen molar-refractivity contribution in [2.75, 3.05) is 7.11 Å². The minimum absolute atomic E-state index is 0.123. The van der Waals surface area contributed by atoms with Crippen molar-refractivity contribution in [3.8, 4) is 10.8 Å². The van der Waals surface area contributed by atoms with Gasteiger partial charge in [-0.2, -0.15) is 10.2 Å². The highest BCUT2D eigenvalue weighted by molar-refractivity contribution is 7.21. The van der Waals surface area contributed by atoms with Crippen molar-refractivity contribution in [1.82, 2.24) is 29.4 Å². The number of fused-ring (bicyclic) bond motifs is 1. The van der Waals surface area contributed by atoms with Crippen molar-refractivity contribution in [2.45, 2.75) is 96.7 Å². The second kappa shape index (κ2) is 12.9. The Morgan fingerprint density at radius 3 is 2.47 bits per heavy atom. The fourth-order valence-electron chi connectivity index (χ4n) is 5.79. The smallest absolute Gasteiger partial charge is 0.333 e. The number of aromatic nitrogens is 5. The number of ether oxygens (including phenoxy) is 2. The zero-order valence-electron chi connectivity index (χ0n) is 26.2. The number of aliphatic hydroxyl groups is 1. The molecule has 1 saturated carbocycles. The number of carbonyl (C=O) groups is 1. The number of aliphatic hydroxyl groups excluding tert-OH is 1. The molecule has 1 amide bonds. The summed E-state index contributed by atoms with van der Waals surface area (Å²) >= 11 is 1.16. The van der Waals surface area contributed by atoms with Crippen LogP contribution in [-0.4, -0.2) is 60.5 Å². The Morgan fingerprint density at radius 2 is 1.84 bits per heavy atom. The summed E-state index contributed by atoms with van der Waals surface area (Å²) in [5.74, 6) is -0.633. The molecule has 0 aliphatic heterocycles.